The molecule has 0 aromatic carbocycles. The molecule has 2 unspecified atom stereocenters. The van der Waals surface area contributed by atoms with Crippen molar-refractivity contribution in [3.63, 3.8) is 0 Å². The molecule has 0 bridgehead atoms. The van der Waals surface area contributed by atoms with Crippen molar-refractivity contribution in [1.29, 1.82) is 0 Å². The minimum absolute atomic E-state index is 0.473. The molecule has 0 aromatic heterocycles. The summed E-state index contributed by atoms with van der Waals surface area (Å²) in [5.74, 6) is 1.75. The summed E-state index contributed by atoms with van der Waals surface area (Å²) in [6.07, 6.45) is 9.36. The molecule has 2 saturated carbocycles. The Bertz CT molecular complexity index is 223. The van der Waals surface area contributed by atoms with Crippen molar-refractivity contribution in [2.24, 2.45) is 17.6 Å². The average Bonchev–Trinajstić information content (AvgIpc) is 2.29. The zero-order valence-electron chi connectivity index (χ0n) is 11.9. The minimum Gasteiger partial charge on any atom is -0.328 e. The maximum Gasteiger partial charge on any atom is 0.0146 e. The Hall–Kier alpha value is -0.0800. The molecular weight excluding hydrogens is 208 g/mol. The van der Waals surface area contributed by atoms with Crippen LogP contribution in [0.3, 0.4) is 0 Å². The monoisotopic (exact) mass is 238 g/mol. The van der Waals surface area contributed by atoms with Crippen LogP contribution in [0.25, 0.3) is 0 Å². The highest BCUT2D eigenvalue weighted by atomic mass is 15.2. The Morgan fingerprint density at radius 1 is 0.882 bits per heavy atom. The second-order valence-electron chi connectivity index (χ2n) is 6.61. The molecule has 0 amide bonds. The summed E-state index contributed by atoms with van der Waals surface area (Å²) in [6.45, 7) is 4.90. The van der Waals surface area contributed by atoms with E-state index in [0.717, 1.165) is 23.9 Å². The molecule has 0 spiro atoms. The molecule has 2 rings (SSSR count). The molecule has 2 atom stereocenters. The third-order valence-electron chi connectivity index (χ3n) is 5.27. The van der Waals surface area contributed by atoms with Crippen LogP contribution in [0.2, 0.25) is 0 Å². The first-order chi connectivity index (χ1) is 8.09. The zero-order valence-corrected chi connectivity index (χ0v) is 11.9. The fourth-order valence-electron chi connectivity index (χ4n) is 4.22. The summed E-state index contributed by atoms with van der Waals surface area (Å²) in [7, 11) is 2.37. The van der Waals surface area contributed by atoms with Crippen LogP contribution in [0, 0.1) is 11.8 Å². The quantitative estimate of drug-likeness (QED) is 0.801. The van der Waals surface area contributed by atoms with Crippen LogP contribution < -0.4 is 5.73 Å². The number of hydrogen-bond acceptors (Lipinski definition) is 2. The summed E-state index contributed by atoms with van der Waals surface area (Å²) in [5.41, 5.74) is 6.01. The first kappa shape index (κ1) is 13.4. The molecule has 2 aliphatic rings. The molecule has 17 heavy (non-hydrogen) atoms. The van der Waals surface area contributed by atoms with Gasteiger partial charge in [0.25, 0.3) is 0 Å². The molecule has 0 aromatic rings. The van der Waals surface area contributed by atoms with Gasteiger partial charge in [0, 0.05) is 18.1 Å². The van der Waals surface area contributed by atoms with Gasteiger partial charge in [0.2, 0.25) is 0 Å². The summed E-state index contributed by atoms with van der Waals surface area (Å²) in [5, 5.41) is 0. The van der Waals surface area contributed by atoms with Crippen LogP contribution in [0.15, 0.2) is 0 Å². The van der Waals surface area contributed by atoms with Gasteiger partial charge in [-0.2, -0.15) is 0 Å². The summed E-state index contributed by atoms with van der Waals surface area (Å²) in [4.78, 5) is 2.71. The SMILES string of the molecule is CC1CCCC(C)C1N(C)C1CCC(N)CC1. The second kappa shape index (κ2) is 5.71. The zero-order chi connectivity index (χ0) is 12.4. The van der Waals surface area contributed by atoms with Crippen molar-refractivity contribution in [3.05, 3.63) is 0 Å². The number of nitrogens with two attached hydrogens (primary N) is 1. The maximum atomic E-state index is 6.01. The van der Waals surface area contributed by atoms with E-state index in [-0.39, 0.29) is 0 Å². The number of nitrogens with zero attached hydrogens (tertiary/aromatic N) is 1. The van der Waals surface area contributed by atoms with Gasteiger partial charge in [0.1, 0.15) is 0 Å². The van der Waals surface area contributed by atoms with E-state index in [9.17, 15) is 0 Å². The molecule has 2 fully saturated rings. The van der Waals surface area contributed by atoms with Crippen LogP contribution in [0.5, 0.6) is 0 Å². The normalized spacial score (nSPS) is 43.9. The van der Waals surface area contributed by atoms with Crippen molar-refractivity contribution in [1.82, 2.24) is 4.90 Å². The molecule has 0 radical (unpaired) electrons. The Morgan fingerprint density at radius 2 is 1.41 bits per heavy atom. The molecule has 2 aliphatic carbocycles. The number of hydrogen-bond donors (Lipinski definition) is 1. The lowest BCUT2D eigenvalue weighted by Gasteiger charge is -2.46. The maximum absolute atomic E-state index is 6.01. The van der Waals surface area contributed by atoms with Gasteiger partial charge in [0.05, 0.1) is 0 Å². The van der Waals surface area contributed by atoms with Crippen LogP contribution in [-0.2, 0) is 0 Å². The van der Waals surface area contributed by atoms with Gasteiger partial charge in [-0.25, -0.2) is 0 Å². The lowest BCUT2D eigenvalue weighted by Crippen LogP contribution is -2.50. The highest BCUT2D eigenvalue weighted by molar-refractivity contribution is 4.89. The van der Waals surface area contributed by atoms with Crippen LogP contribution in [-0.4, -0.2) is 30.1 Å². The van der Waals surface area contributed by atoms with Gasteiger partial charge in [0.15, 0.2) is 0 Å². The van der Waals surface area contributed by atoms with Gasteiger partial charge in [-0.1, -0.05) is 20.3 Å². The Morgan fingerprint density at radius 3 is 1.94 bits per heavy atom. The molecule has 2 heteroatoms. The highest BCUT2D eigenvalue weighted by Crippen LogP contribution is 2.35. The standard InChI is InChI=1S/C15H30N2/c1-11-5-4-6-12(2)15(11)17(3)14-9-7-13(16)8-10-14/h11-15H,4-10,16H2,1-3H3. The largest absolute Gasteiger partial charge is 0.328 e. The van der Waals surface area contributed by atoms with Crippen molar-refractivity contribution in [3.8, 4) is 0 Å². The second-order valence-corrected chi connectivity index (χ2v) is 6.61. The van der Waals surface area contributed by atoms with E-state index in [1.54, 1.807) is 0 Å². The smallest absolute Gasteiger partial charge is 0.0146 e. The van der Waals surface area contributed by atoms with E-state index in [4.69, 9.17) is 5.73 Å². The first-order valence-electron chi connectivity index (χ1n) is 7.57. The van der Waals surface area contributed by atoms with E-state index in [0.29, 0.717) is 6.04 Å². The topological polar surface area (TPSA) is 29.3 Å². The molecular formula is C15H30N2. The van der Waals surface area contributed by atoms with E-state index in [1.807, 2.05) is 0 Å². The lowest BCUT2D eigenvalue weighted by atomic mass is 9.76. The Balaban J connectivity index is 1.95. The van der Waals surface area contributed by atoms with E-state index >= 15 is 0 Å². The van der Waals surface area contributed by atoms with Gasteiger partial charge in [-0.05, 0) is 57.4 Å². The van der Waals surface area contributed by atoms with Gasteiger partial charge in [-0.3, -0.25) is 4.90 Å². The van der Waals surface area contributed by atoms with Crippen molar-refractivity contribution in [2.75, 3.05) is 7.05 Å². The van der Waals surface area contributed by atoms with Gasteiger partial charge in [-0.15, -0.1) is 0 Å². The minimum atomic E-state index is 0.473. The lowest BCUT2D eigenvalue weighted by molar-refractivity contribution is 0.0412. The molecule has 0 aliphatic heterocycles. The van der Waals surface area contributed by atoms with E-state index in [1.165, 1.54) is 44.9 Å². The Labute approximate surface area is 107 Å². The molecule has 0 heterocycles. The third kappa shape index (κ3) is 3.03. The predicted octanol–water partition coefficient (Wildman–Crippen LogP) is 3.01. The molecule has 2 N–H and O–H groups in total. The first-order valence-corrected chi connectivity index (χ1v) is 7.57. The van der Waals surface area contributed by atoms with Crippen molar-refractivity contribution in [2.45, 2.75) is 76.9 Å². The highest BCUT2D eigenvalue weighted by Gasteiger charge is 2.34. The molecule has 0 saturated heterocycles. The summed E-state index contributed by atoms with van der Waals surface area (Å²) >= 11 is 0. The van der Waals surface area contributed by atoms with Gasteiger partial charge >= 0.3 is 0 Å². The summed E-state index contributed by atoms with van der Waals surface area (Å²) < 4.78 is 0. The summed E-state index contributed by atoms with van der Waals surface area (Å²) in [6, 6.07) is 2.08. The van der Waals surface area contributed by atoms with Gasteiger partial charge < -0.3 is 5.73 Å². The van der Waals surface area contributed by atoms with Crippen molar-refractivity contribution >= 4 is 0 Å². The van der Waals surface area contributed by atoms with Crippen molar-refractivity contribution < 1.29 is 0 Å². The van der Waals surface area contributed by atoms with Crippen LogP contribution >= 0.6 is 0 Å². The van der Waals surface area contributed by atoms with E-state index in [2.05, 4.69) is 25.8 Å². The molecule has 100 valence electrons. The molecule has 2 nitrogen and oxygen atoms in total. The number of rotatable bonds is 2. The van der Waals surface area contributed by atoms with Crippen LogP contribution in [0.4, 0.5) is 0 Å². The van der Waals surface area contributed by atoms with Crippen LogP contribution in [0.1, 0.15) is 58.8 Å². The fourth-order valence-corrected chi connectivity index (χ4v) is 4.22. The van der Waals surface area contributed by atoms with E-state index < -0.39 is 0 Å². The fraction of sp³-hybridized carbons (Fsp3) is 1.00. The average molecular weight is 238 g/mol. The third-order valence-corrected chi connectivity index (χ3v) is 5.27. The Kier molecular flexibility index (Phi) is 4.48. The predicted molar refractivity (Wildman–Crippen MR) is 74.0 cm³/mol.